The number of benzene rings is 1. The van der Waals surface area contributed by atoms with E-state index in [-0.39, 0.29) is 11.5 Å². The van der Waals surface area contributed by atoms with Crippen molar-refractivity contribution in [3.63, 3.8) is 0 Å². The number of likely N-dealkylation sites (N-methyl/N-ethyl adjacent to an activating group) is 1. The molecule has 1 aliphatic carbocycles. The molecule has 1 fully saturated rings. The normalized spacial score (nSPS) is 19.6. The Morgan fingerprint density at radius 2 is 2.18 bits per heavy atom. The van der Waals surface area contributed by atoms with Crippen LogP contribution in [0, 0.1) is 5.82 Å². The first kappa shape index (κ1) is 10.6. The molecule has 0 unspecified atom stereocenters. The van der Waals surface area contributed by atoms with Gasteiger partial charge >= 0.3 is 0 Å². The summed E-state index contributed by atoms with van der Waals surface area (Å²) < 4.78 is 19.5. The van der Waals surface area contributed by atoms with Crippen LogP contribution in [0.5, 0.6) is 5.75 Å². The molecule has 0 aromatic heterocycles. The Kier molecular flexibility index (Phi) is 2.31. The summed E-state index contributed by atoms with van der Waals surface area (Å²) >= 11 is 0. The summed E-state index contributed by atoms with van der Waals surface area (Å²) in [5, 5.41) is 0. The van der Waals surface area contributed by atoms with Gasteiger partial charge in [-0.3, -0.25) is 4.79 Å². The zero-order chi connectivity index (χ0) is 12.0. The second-order valence-electron chi connectivity index (χ2n) is 4.73. The zero-order valence-corrected chi connectivity index (χ0v) is 9.70. The highest BCUT2D eigenvalue weighted by Gasteiger charge is 2.30. The molecule has 0 bridgehead atoms. The first-order valence-electron chi connectivity index (χ1n) is 5.88. The lowest BCUT2D eigenvalue weighted by Crippen LogP contribution is -2.28. The highest BCUT2D eigenvalue weighted by molar-refractivity contribution is 5.97. The second-order valence-corrected chi connectivity index (χ2v) is 4.73. The Hall–Kier alpha value is -1.58. The molecule has 17 heavy (non-hydrogen) atoms. The lowest BCUT2D eigenvalue weighted by atomic mass is 10.1. The van der Waals surface area contributed by atoms with E-state index in [4.69, 9.17) is 4.74 Å². The van der Waals surface area contributed by atoms with Crippen LogP contribution in [0.2, 0.25) is 0 Å². The van der Waals surface area contributed by atoms with Crippen molar-refractivity contribution in [2.24, 2.45) is 0 Å². The largest absolute Gasteiger partial charge is 0.491 e. The van der Waals surface area contributed by atoms with Gasteiger partial charge in [0.2, 0.25) is 0 Å². The molecule has 1 amide bonds. The fourth-order valence-corrected chi connectivity index (χ4v) is 2.16. The van der Waals surface area contributed by atoms with Gasteiger partial charge in [-0.05, 0) is 36.5 Å². The molecule has 3 rings (SSSR count). The predicted octanol–water partition coefficient (Wildman–Crippen LogP) is 2.17. The Bertz CT molecular complexity index is 483. The molecule has 1 aromatic carbocycles. The molecular weight excluding hydrogens is 221 g/mol. The van der Waals surface area contributed by atoms with E-state index >= 15 is 0 Å². The summed E-state index contributed by atoms with van der Waals surface area (Å²) in [6, 6.07) is 3.31. The quantitative estimate of drug-likeness (QED) is 0.746. The van der Waals surface area contributed by atoms with Gasteiger partial charge in [0.1, 0.15) is 23.7 Å². The first-order valence-corrected chi connectivity index (χ1v) is 5.88. The van der Waals surface area contributed by atoms with Crippen LogP contribution in [0.25, 0.3) is 0 Å². The molecule has 0 spiro atoms. The Labute approximate surface area is 99.2 Å². The predicted molar refractivity (Wildman–Crippen MR) is 60.8 cm³/mol. The van der Waals surface area contributed by atoms with Crippen molar-refractivity contribution in [2.75, 3.05) is 20.2 Å². The average molecular weight is 235 g/mol. The van der Waals surface area contributed by atoms with E-state index < -0.39 is 5.82 Å². The maximum absolute atomic E-state index is 14.0. The molecule has 2 aliphatic rings. The summed E-state index contributed by atoms with van der Waals surface area (Å²) in [7, 11) is 1.66. The Balaban J connectivity index is 2.10. The topological polar surface area (TPSA) is 29.5 Å². The minimum Gasteiger partial charge on any atom is -0.491 e. The van der Waals surface area contributed by atoms with Crippen LogP contribution in [0.3, 0.4) is 0 Å². The fraction of sp³-hybridized carbons (Fsp3) is 0.462. The SMILES string of the molecule is CN1CCOc2cc(C3CC3)cc(F)c2C1=O. The molecule has 90 valence electrons. The highest BCUT2D eigenvalue weighted by Crippen LogP contribution is 2.42. The van der Waals surface area contributed by atoms with E-state index in [1.54, 1.807) is 7.05 Å². The smallest absolute Gasteiger partial charge is 0.260 e. The van der Waals surface area contributed by atoms with Crippen LogP contribution >= 0.6 is 0 Å². The van der Waals surface area contributed by atoms with Crippen LogP contribution in [0.15, 0.2) is 12.1 Å². The van der Waals surface area contributed by atoms with Crippen LogP contribution in [-0.4, -0.2) is 31.0 Å². The van der Waals surface area contributed by atoms with E-state index in [2.05, 4.69) is 0 Å². The van der Waals surface area contributed by atoms with Crippen molar-refractivity contribution >= 4 is 5.91 Å². The maximum Gasteiger partial charge on any atom is 0.260 e. The number of carbonyl (C=O) groups is 1. The summed E-state index contributed by atoms with van der Waals surface area (Å²) in [6.07, 6.45) is 2.21. The Morgan fingerprint density at radius 3 is 2.88 bits per heavy atom. The monoisotopic (exact) mass is 235 g/mol. The number of fused-ring (bicyclic) bond motifs is 1. The molecule has 0 N–H and O–H groups in total. The summed E-state index contributed by atoms with van der Waals surface area (Å²) in [5.74, 6) is 0.108. The van der Waals surface area contributed by atoms with Gasteiger partial charge in [0, 0.05) is 7.05 Å². The molecule has 1 aromatic rings. The number of halogens is 1. The highest BCUT2D eigenvalue weighted by atomic mass is 19.1. The molecule has 0 radical (unpaired) electrons. The van der Waals surface area contributed by atoms with Gasteiger partial charge in [0.15, 0.2) is 0 Å². The van der Waals surface area contributed by atoms with Crippen molar-refractivity contribution < 1.29 is 13.9 Å². The Morgan fingerprint density at radius 1 is 1.41 bits per heavy atom. The number of hydrogen-bond acceptors (Lipinski definition) is 2. The molecule has 1 saturated carbocycles. The van der Waals surface area contributed by atoms with E-state index in [1.807, 2.05) is 6.07 Å². The van der Waals surface area contributed by atoms with Gasteiger partial charge in [-0.15, -0.1) is 0 Å². The first-order chi connectivity index (χ1) is 8.16. The van der Waals surface area contributed by atoms with Crippen molar-refractivity contribution in [1.29, 1.82) is 0 Å². The van der Waals surface area contributed by atoms with Crippen molar-refractivity contribution in [2.45, 2.75) is 18.8 Å². The molecule has 3 nitrogen and oxygen atoms in total. The van der Waals surface area contributed by atoms with Crippen LogP contribution < -0.4 is 4.74 Å². The third kappa shape index (κ3) is 1.77. The van der Waals surface area contributed by atoms with Crippen molar-refractivity contribution in [1.82, 2.24) is 4.90 Å². The number of hydrogen-bond donors (Lipinski definition) is 0. The minimum atomic E-state index is -0.455. The van der Waals surface area contributed by atoms with Gasteiger partial charge in [0.25, 0.3) is 5.91 Å². The van der Waals surface area contributed by atoms with Crippen LogP contribution in [-0.2, 0) is 0 Å². The molecule has 1 aliphatic heterocycles. The molecule has 4 heteroatoms. The molecule has 1 heterocycles. The number of amides is 1. The molecule has 0 atom stereocenters. The summed E-state index contributed by atoms with van der Waals surface area (Å²) in [4.78, 5) is 13.5. The summed E-state index contributed by atoms with van der Waals surface area (Å²) in [6.45, 7) is 0.911. The summed E-state index contributed by atoms with van der Waals surface area (Å²) in [5.41, 5.74) is 1.04. The van der Waals surface area contributed by atoms with E-state index in [1.165, 1.54) is 11.0 Å². The van der Waals surface area contributed by atoms with Crippen LogP contribution in [0.1, 0.15) is 34.7 Å². The standard InChI is InChI=1S/C13H14FNO2/c1-15-4-5-17-11-7-9(8-2-3-8)6-10(14)12(11)13(15)16/h6-8H,2-5H2,1H3. The van der Waals surface area contributed by atoms with Gasteiger partial charge < -0.3 is 9.64 Å². The molecular formula is C13H14FNO2. The number of rotatable bonds is 1. The number of carbonyl (C=O) groups excluding carboxylic acids is 1. The van der Waals surface area contributed by atoms with Crippen LogP contribution in [0.4, 0.5) is 4.39 Å². The van der Waals surface area contributed by atoms with E-state index in [0.29, 0.717) is 24.8 Å². The van der Waals surface area contributed by atoms with Gasteiger partial charge in [-0.1, -0.05) is 0 Å². The lowest BCUT2D eigenvalue weighted by Gasteiger charge is -2.13. The van der Waals surface area contributed by atoms with E-state index in [9.17, 15) is 9.18 Å². The van der Waals surface area contributed by atoms with Crippen molar-refractivity contribution in [3.8, 4) is 5.75 Å². The van der Waals surface area contributed by atoms with E-state index in [0.717, 1.165) is 18.4 Å². The fourth-order valence-electron chi connectivity index (χ4n) is 2.16. The third-order valence-electron chi connectivity index (χ3n) is 3.37. The average Bonchev–Trinajstić information content (AvgIpc) is 3.10. The third-order valence-corrected chi connectivity index (χ3v) is 3.37. The van der Waals surface area contributed by atoms with Gasteiger partial charge in [0.05, 0.1) is 6.54 Å². The number of ether oxygens (including phenoxy) is 1. The zero-order valence-electron chi connectivity index (χ0n) is 9.70. The van der Waals surface area contributed by atoms with Gasteiger partial charge in [-0.2, -0.15) is 0 Å². The second kappa shape index (κ2) is 3.72. The molecule has 0 saturated heterocycles. The van der Waals surface area contributed by atoms with Crippen molar-refractivity contribution in [3.05, 3.63) is 29.1 Å². The lowest BCUT2D eigenvalue weighted by molar-refractivity contribution is 0.0793. The maximum atomic E-state index is 14.0. The number of nitrogens with zero attached hydrogens (tertiary/aromatic N) is 1. The minimum absolute atomic E-state index is 0.0781. The van der Waals surface area contributed by atoms with Gasteiger partial charge in [-0.25, -0.2) is 4.39 Å².